The molecule has 304 valence electrons. The maximum absolute atomic E-state index is 14.8. The second kappa shape index (κ2) is 17.0. The molecule has 0 bridgehead atoms. The summed E-state index contributed by atoms with van der Waals surface area (Å²) in [6, 6.07) is 0.340. The molecule has 0 amide bonds. The Kier molecular flexibility index (Phi) is 12.8. The van der Waals surface area contributed by atoms with Crippen molar-refractivity contribution in [2.24, 2.45) is 47.3 Å². The Hall–Kier alpha value is -1.70. The van der Waals surface area contributed by atoms with E-state index in [0.29, 0.717) is 23.8 Å². The van der Waals surface area contributed by atoms with Crippen molar-refractivity contribution >= 4 is 11.8 Å². The number of esters is 1. The highest BCUT2D eigenvalue weighted by molar-refractivity contribution is 5.99. The molecule has 5 fully saturated rings. The van der Waals surface area contributed by atoms with Gasteiger partial charge in [-0.1, -0.05) is 32.1 Å². The Morgan fingerprint density at radius 2 is 1.50 bits per heavy atom. The Balaban J connectivity index is 1.10. The van der Waals surface area contributed by atoms with Crippen molar-refractivity contribution in [2.45, 2.75) is 153 Å². The number of Topliss-reactive ketones (excluding diaryl/α,β-unsaturated/α-hetero) is 1. The summed E-state index contributed by atoms with van der Waals surface area (Å²) in [6.07, 6.45) is 11.4. The van der Waals surface area contributed by atoms with Crippen LogP contribution in [0, 0.1) is 47.3 Å². The summed E-state index contributed by atoms with van der Waals surface area (Å²) in [7, 11) is 9.18. The van der Waals surface area contributed by atoms with Crippen molar-refractivity contribution in [1.29, 1.82) is 0 Å². The number of rotatable bonds is 9. The molecule has 11 heteroatoms. The average molecular weight is 758 g/mol. The number of ether oxygens (including phenoxy) is 8. The summed E-state index contributed by atoms with van der Waals surface area (Å²) in [5.41, 5.74) is 0.776. The molecule has 7 aliphatic rings. The normalized spacial score (nSPS) is 48.3. The van der Waals surface area contributed by atoms with E-state index < -0.39 is 12.4 Å². The van der Waals surface area contributed by atoms with E-state index in [4.69, 9.17) is 37.9 Å². The Morgan fingerprint density at radius 1 is 0.759 bits per heavy atom. The molecule has 0 aromatic rings. The molecular formula is C43H67NO10. The van der Waals surface area contributed by atoms with Crippen molar-refractivity contribution in [1.82, 2.24) is 4.90 Å². The first-order chi connectivity index (χ1) is 25.9. The van der Waals surface area contributed by atoms with Crippen molar-refractivity contribution in [3.8, 4) is 0 Å². The number of hydrogen-bond donors (Lipinski definition) is 0. The lowest BCUT2D eigenvalue weighted by molar-refractivity contribution is -0.314. The summed E-state index contributed by atoms with van der Waals surface area (Å²) in [5.74, 6) is 1.05. The maximum Gasteiger partial charge on any atom is 0.306 e. The minimum absolute atomic E-state index is 0.0392. The van der Waals surface area contributed by atoms with Crippen molar-refractivity contribution < 1.29 is 47.5 Å². The average Bonchev–Trinajstić information content (AvgIpc) is 3.54. The van der Waals surface area contributed by atoms with Crippen molar-refractivity contribution in [2.75, 3.05) is 35.4 Å². The molecule has 2 saturated carbocycles. The molecule has 19 unspecified atom stereocenters. The number of cyclic esters (lactones) is 1. The van der Waals surface area contributed by atoms with E-state index in [1.54, 1.807) is 21.3 Å². The van der Waals surface area contributed by atoms with Crippen LogP contribution in [0.15, 0.2) is 23.8 Å². The van der Waals surface area contributed by atoms with Gasteiger partial charge in [0.1, 0.15) is 24.4 Å². The number of ketones is 1. The highest BCUT2D eigenvalue weighted by atomic mass is 16.7. The summed E-state index contributed by atoms with van der Waals surface area (Å²) in [5, 5.41) is 0. The SMILES string of the molecule is COC1C(C)OC(OC2CC3C=CC4C5CC(=O)OC(C6CC6C)CCCC(OC6CCC(N(C)C)C(C)O6)C(C)C(=O)C5=CC4C3C2)C(OC)C1OC. The number of carbonyl (C=O) groups is 2. The van der Waals surface area contributed by atoms with E-state index in [2.05, 4.69) is 51.1 Å². The lowest BCUT2D eigenvalue weighted by Crippen LogP contribution is -2.59. The van der Waals surface area contributed by atoms with Crippen LogP contribution in [0.4, 0.5) is 0 Å². The fourth-order valence-electron chi connectivity index (χ4n) is 11.2. The highest BCUT2D eigenvalue weighted by Gasteiger charge is 2.53. The molecule has 19 atom stereocenters. The zero-order valence-electron chi connectivity index (χ0n) is 34.1. The van der Waals surface area contributed by atoms with E-state index >= 15 is 0 Å². The van der Waals surface area contributed by atoms with Crippen LogP contribution in [0.3, 0.4) is 0 Å². The molecule has 54 heavy (non-hydrogen) atoms. The quantitative estimate of drug-likeness (QED) is 0.212. The van der Waals surface area contributed by atoms with Crippen LogP contribution in [-0.4, -0.2) is 120 Å². The van der Waals surface area contributed by atoms with Crippen LogP contribution in [0.5, 0.6) is 0 Å². The third kappa shape index (κ3) is 8.17. The van der Waals surface area contributed by atoms with Crippen LogP contribution >= 0.6 is 0 Å². The third-order valence-electron chi connectivity index (χ3n) is 14.4. The molecule has 0 aromatic carbocycles. The standard InChI is InChI=1S/C43H67NO10/c1-22-17-29(22)36-12-10-11-35(54-38-16-15-34(44(5)6)24(3)50-38)23(2)39(46)33-20-31-28(32(33)21-37(45)53-36)14-13-26-18-27(19-30(26)31)52-43-42(49-9)41(48-8)40(47-7)25(4)51-43/h13-14,20,22-32,34-36,38,40-43H,10-12,15-19,21H2,1-9H3. The summed E-state index contributed by atoms with van der Waals surface area (Å²) in [6.45, 7) is 8.37. The zero-order chi connectivity index (χ0) is 38.4. The first-order valence-electron chi connectivity index (χ1n) is 20.9. The van der Waals surface area contributed by atoms with Gasteiger partial charge in [-0.2, -0.15) is 0 Å². The molecule has 0 N–H and O–H groups in total. The highest BCUT2D eigenvalue weighted by Crippen LogP contribution is 2.54. The van der Waals surface area contributed by atoms with Gasteiger partial charge < -0.3 is 42.8 Å². The van der Waals surface area contributed by atoms with E-state index in [1.807, 2.05) is 13.8 Å². The maximum atomic E-state index is 14.8. The number of carbonyl (C=O) groups excluding carboxylic acids is 2. The smallest absolute Gasteiger partial charge is 0.306 e. The van der Waals surface area contributed by atoms with Gasteiger partial charge in [-0.25, -0.2) is 0 Å². The first-order valence-corrected chi connectivity index (χ1v) is 20.9. The predicted octanol–water partition coefficient (Wildman–Crippen LogP) is 5.73. The van der Waals surface area contributed by atoms with Gasteiger partial charge in [0.25, 0.3) is 0 Å². The summed E-state index contributed by atoms with van der Waals surface area (Å²) >= 11 is 0. The second-order valence-electron chi connectivity index (χ2n) is 17.9. The van der Waals surface area contributed by atoms with Crippen molar-refractivity contribution in [3.05, 3.63) is 23.8 Å². The molecule has 0 spiro atoms. The monoisotopic (exact) mass is 757 g/mol. The fourth-order valence-corrected chi connectivity index (χ4v) is 11.2. The van der Waals surface area contributed by atoms with Gasteiger partial charge in [0.2, 0.25) is 0 Å². The number of allylic oxidation sites excluding steroid dienone is 4. The topological polar surface area (TPSA) is 111 Å². The molecule has 7 rings (SSSR count). The van der Waals surface area contributed by atoms with Gasteiger partial charge in [-0.05, 0) is 120 Å². The zero-order valence-corrected chi connectivity index (χ0v) is 34.1. The van der Waals surface area contributed by atoms with Gasteiger partial charge >= 0.3 is 5.97 Å². The van der Waals surface area contributed by atoms with E-state index in [-0.39, 0.29) is 96.8 Å². The molecule has 3 aliphatic heterocycles. The summed E-state index contributed by atoms with van der Waals surface area (Å²) < 4.78 is 50.0. The lowest BCUT2D eigenvalue weighted by Gasteiger charge is -2.44. The van der Waals surface area contributed by atoms with Crippen LogP contribution in [0.1, 0.15) is 85.5 Å². The van der Waals surface area contributed by atoms with Gasteiger partial charge in [0.05, 0.1) is 30.8 Å². The third-order valence-corrected chi connectivity index (χ3v) is 14.4. The largest absolute Gasteiger partial charge is 0.462 e. The molecule has 3 heterocycles. The van der Waals surface area contributed by atoms with E-state index in [9.17, 15) is 9.59 Å². The van der Waals surface area contributed by atoms with Crippen LogP contribution in [0.25, 0.3) is 0 Å². The first kappa shape index (κ1) is 40.5. The number of methoxy groups -OCH3 is 3. The van der Waals surface area contributed by atoms with Crippen molar-refractivity contribution in [3.63, 3.8) is 0 Å². The molecule has 3 saturated heterocycles. The number of hydrogen-bond acceptors (Lipinski definition) is 11. The number of nitrogens with zero attached hydrogens (tertiary/aromatic N) is 1. The predicted molar refractivity (Wildman–Crippen MR) is 201 cm³/mol. The minimum Gasteiger partial charge on any atom is -0.462 e. The minimum atomic E-state index is -0.593. The molecule has 0 radical (unpaired) electrons. The molecule has 4 aliphatic carbocycles. The van der Waals surface area contributed by atoms with Gasteiger partial charge in [-0.3, -0.25) is 9.59 Å². The number of likely N-dealkylation sites (N-methyl/N-ethyl adjacent to an activating group) is 1. The summed E-state index contributed by atoms with van der Waals surface area (Å²) in [4.78, 5) is 30.8. The van der Waals surface area contributed by atoms with Crippen LogP contribution in [0.2, 0.25) is 0 Å². The van der Waals surface area contributed by atoms with Crippen LogP contribution in [-0.2, 0) is 47.5 Å². The van der Waals surface area contributed by atoms with Gasteiger partial charge in [0.15, 0.2) is 18.4 Å². The molecule has 11 nitrogen and oxygen atoms in total. The Morgan fingerprint density at radius 3 is 2.17 bits per heavy atom. The molecular weight excluding hydrogens is 690 g/mol. The Labute approximate surface area is 323 Å². The second-order valence-corrected chi connectivity index (χ2v) is 17.9. The van der Waals surface area contributed by atoms with Gasteiger partial charge in [0, 0.05) is 39.2 Å². The Bertz CT molecular complexity index is 1390. The van der Waals surface area contributed by atoms with Crippen LogP contribution < -0.4 is 0 Å². The number of fused-ring (bicyclic) bond motifs is 5. The van der Waals surface area contributed by atoms with E-state index in [1.165, 1.54) is 0 Å². The lowest BCUT2D eigenvalue weighted by atomic mass is 9.70. The van der Waals surface area contributed by atoms with Gasteiger partial charge in [-0.15, -0.1) is 0 Å². The fraction of sp³-hybridized carbons (Fsp3) is 0.860. The molecule has 0 aromatic heterocycles. The van der Waals surface area contributed by atoms with E-state index in [0.717, 1.165) is 56.9 Å².